The fourth-order valence-corrected chi connectivity index (χ4v) is 2.13. The molecule has 2 rings (SSSR count). The van der Waals surface area contributed by atoms with Gasteiger partial charge in [-0.15, -0.1) is 0 Å². The lowest BCUT2D eigenvalue weighted by molar-refractivity contribution is -0.128. The van der Waals surface area contributed by atoms with Gasteiger partial charge in [0.15, 0.2) is 0 Å². The van der Waals surface area contributed by atoms with Crippen molar-refractivity contribution in [2.24, 2.45) is 11.1 Å². The van der Waals surface area contributed by atoms with Gasteiger partial charge >= 0.3 is 0 Å². The van der Waals surface area contributed by atoms with Crippen LogP contribution in [0, 0.1) is 5.41 Å². The normalized spacial score (nSPS) is 34.5. The van der Waals surface area contributed by atoms with Crippen LogP contribution in [0.4, 0.5) is 0 Å². The van der Waals surface area contributed by atoms with E-state index in [1.165, 1.54) is 0 Å². The molecule has 0 saturated carbocycles. The van der Waals surface area contributed by atoms with Crippen molar-refractivity contribution in [1.82, 2.24) is 10.2 Å². The summed E-state index contributed by atoms with van der Waals surface area (Å²) in [5, 5.41) is 2.35. The molecule has 2 heterocycles. The van der Waals surface area contributed by atoms with Crippen molar-refractivity contribution < 1.29 is 9.59 Å². The molecule has 1 unspecified atom stereocenters. The Morgan fingerprint density at radius 1 is 1.54 bits per heavy atom. The number of carbonyl (C=O) groups excluding carboxylic acids is 2. The van der Waals surface area contributed by atoms with Crippen molar-refractivity contribution in [3.05, 3.63) is 0 Å². The largest absolute Gasteiger partial charge is 0.318 e. The molecule has 1 spiro atoms. The molecule has 0 radical (unpaired) electrons. The molecule has 72 valence electrons. The molecule has 5 heteroatoms. The van der Waals surface area contributed by atoms with Gasteiger partial charge in [0, 0.05) is 26.2 Å². The summed E-state index contributed by atoms with van der Waals surface area (Å²) < 4.78 is 0. The lowest BCUT2D eigenvalue weighted by atomic mass is 9.85. The SMILES string of the molecule is NCN1CCC2(CC(=O)NC2=O)C1. The van der Waals surface area contributed by atoms with Gasteiger partial charge in [-0.3, -0.25) is 19.8 Å². The van der Waals surface area contributed by atoms with E-state index in [0.717, 1.165) is 13.0 Å². The second kappa shape index (κ2) is 2.78. The lowest BCUT2D eigenvalue weighted by Crippen LogP contribution is -2.36. The highest BCUT2D eigenvalue weighted by molar-refractivity contribution is 6.06. The fraction of sp³-hybridized carbons (Fsp3) is 0.750. The molecule has 5 nitrogen and oxygen atoms in total. The van der Waals surface area contributed by atoms with E-state index in [-0.39, 0.29) is 11.8 Å². The highest BCUT2D eigenvalue weighted by atomic mass is 16.2. The molecule has 3 N–H and O–H groups in total. The first-order valence-corrected chi connectivity index (χ1v) is 4.43. The van der Waals surface area contributed by atoms with Crippen molar-refractivity contribution in [2.45, 2.75) is 12.8 Å². The molecule has 1 atom stereocenters. The summed E-state index contributed by atoms with van der Waals surface area (Å²) in [6, 6.07) is 0. The molecular formula is C8H13N3O2. The first-order valence-electron chi connectivity index (χ1n) is 4.43. The third-order valence-electron chi connectivity index (χ3n) is 2.92. The van der Waals surface area contributed by atoms with Crippen molar-refractivity contribution in [3.63, 3.8) is 0 Å². The number of nitrogens with one attached hydrogen (secondary N) is 1. The Labute approximate surface area is 76.3 Å². The number of hydrogen-bond acceptors (Lipinski definition) is 4. The number of likely N-dealkylation sites (tertiary alicyclic amines) is 1. The topological polar surface area (TPSA) is 75.4 Å². The second-order valence-electron chi connectivity index (χ2n) is 3.82. The van der Waals surface area contributed by atoms with Crippen molar-refractivity contribution in [1.29, 1.82) is 0 Å². The van der Waals surface area contributed by atoms with Crippen LogP contribution in [0.3, 0.4) is 0 Å². The lowest BCUT2D eigenvalue weighted by Gasteiger charge is -2.18. The van der Waals surface area contributed by atoms with Gasteiger partial charge in [0.05, 0.1) is 5.41 Å². The van der Waals surface area contributed by atoms with Crippen molar-refractivity contribution in [2.75, 3.05) is 19.8 Å². The number of rotatable bonds is 1. The van der Waals surface area contributed by atoms with Crippen molar-refractivity contribution in [3.8, 4) is 0 Å². The van der Waals surface area contributed by atoms with Gasteiger partial charge in [0.1, 0.15) is 0 Å². The van der Waals surface area contributed by atoms with E-state index in [4.69, 9.17) is 5.73 Å². The minimum absolute atomic E-state index is 0.117. The summed E-state index contributed by atoms with van der Waals surface area (Å²) in [4.78, 5) is 24.5. The Kier molecular flexibility index (Phi) is 1.85. The zero-order chi connectivity index (χ0) is 9.47. The molecule has 0 aromatic rings. The first-order chi connectivity index (χ1) is 6.16. The fourth-order valence-electron chi connectivity index (χ4n) is 2.13. The van der Waals surface area contributed by atoms with Crippen LogP contribution in [-0.4, -0.2) is 36.5 Å². The van der Waals surface area contributed by atoms with E-state index in [9.17, 15) is 9.59 Å². The molecule has 2 saturated heterocycles. The van der Waals surface area contributed by atoms with Gasteiger partial charge in [-0.2, -0.15) is 0 Å². The summed E-state index contributed by atoms with van der Waals surface area (Å²) >= 11 is 0. The number of imide groups is 1. The van der Waals surface area contributed by atoms with Gasteiger partial charge in [0.2, 0.25) is 11.8 Å². The Morgan fingerprint density at radius 2 is 2.31 bits per heavy atom. The molecule has 13 heavy (non-hydrogen) atoms. The quantitative estimate of drug-likeness (QED) is 0.492. The molecular weight excluding hydrogens is 170 g/mol. The maximum absolute atomic E-state index is 11.5. The Bertz CT molecular complexity index is 266. The molecule has 0 aromatic heterocycles. The average Bonchev–Trinajstić information content (AvgIpc) is 2.59. The Morgan fingerprint density at radius 3 is 2.77 bits per heavy atom. The number of hydrogen-bond donors (Lipinski definition) is 2. The van der Waals surface area contributed by atoms with E-state index >= 15 is 0 Å². The summed E-state index contributed by atoms with van der Waals surface area (Å²) in [5.74, 6) is -0.266. The van der Waals surface area contributed by atoms with Gasteiger partial charge in [-0.05, 0) is 6.42 Å². The maximum atomic E-state index is 11.5. The number of amides is 2. The standard InChI is InChI=1S/C8H13N3O2/c9-5-11-2-1-8(4-11)3-6(12)10-7(8)13/h1-5,9H2,(H,10,12,13). The molecule has 0 aliphatic carbocycles. The summed E-state index contributed by atoms with van der Waals surface area (Å²) in [5.41, 5.74) is 5.01. The van der Waals surface area contributed by atoms with Crippen LogP contribution in [-0.2, 0) is 9.59 Å². The third-order valence-corrected chi connectivity index (χ3v) is 2.92. The monoisotopic (exact) mass is 183 g/mol. The van der Waals surface area contributed by atoms with Crippen LogP contribution in [0.1, 0.15) is 12.8 Å². The van der Waals surface area contributed by atoms with E-state index in [0.29, 0.717) is 19.6 Å². The highest BCUT2D eigenvalue weighted by Crippen LogP contribution is 2.36. The van der Waals surface area contributed by atoms with Crippen molar-refractivity contribution >= 4 is 11.8 Å². The van der Waals surface area contributed by atoms with E-state index in [2.05, 4.69) is 5.32 Å². The predicted octanol–water partition coefficient (Wildman–Crippen LogP) is -1.36. The molecule has 2 aliphatic rings. The van der Waals surface area contributed by atoms with E-state index in [1.807, 2.05) is 4.90 Å². The summed E-state index contributed by atoms with van der Waals surface area (Å²) in [6.07, 6.45) is 1.09. The van der Waals surface area contributed by atoms with Gasteiger partial charge in [-0.25, -0.2) is 0 Å². The molecule has 2 amide bonds. The smallest absolute Gasteiger partial charge is 0.234 e. The van der Waals surface area contributed by atoms with Gasteiger partial charge in [0.25, 0.3) is 0 Å². The predicted molar refractivity (Wildman–Crippen MR) is 45.4 cm³/mol. The second-order valence-corrected chi connectivity index (χ2v) is 3.82. The average molecular weight is 183 g/mol. The summed E-state index contributed by atoms with van der Waals surface area (Å²) in [6.45, 7) is 1.90. The van der Waals surface area contributed by atoms with Crippen LogP contribution >= 0.6 is 0 Å². The third kappa shape index (κ3) is 1.24. The van der Waals surface area contributed by atoms with Crippen LogP contribution in [0.5, 0.6) is 0 Å². The number of nitrogens with zero attached hydrogens (tertiary/aromatic N) is 1. The minimum atomic E-state index is -0.462. The van der Waals surface area contributed by atoms with Crippen LogP contribution in [0.2, 0.25) is 0 Å². The van der Waals surface area contributed by atoms with Gasteiger partial charge < -0.3 is 5.73 Å². The van der Waals surface area contributed by atoms with Crippen LogP contribution < -0.4 is 11.1 Å². The first kappa shape index (κ1) is 8.65. The Hall–Kier alpha value is -0.940. The Balaban J connectivity index is 2.14. The molecule has 0 aromatic carbocycles. The molecule has 2 fully saturated rings. The zero-order valence-corrected chi connectivity index (χ0v) is 7.38. The van der Waals surface area contributed by atoms with Crippen LogP contribution in [0.25, 0.3) is 0 Å². The highest BCUT2D eigenvalue weighted by Gasteiger charge is 2.50. The minimum Gasteiger partial charge on any atom is -0.318 e. The van der Waals surface area contributed by atoms with Crippen LogP contribution in [0.15, 0.2) is 0 Å². The number of nitrogens with two attached hydrogens (primary N) is 1. The van der Waals surface area contributed by atoms with E-state index < -0.39 is 5.41 Å². The van der Waals surface area contributed by atoms with Gasteiger partial charge in [-0.1, -0.05) is 0 Å². The maximum Gasteiger partial charge on any atom is 0.234 e. The molecule has 2 aliphatic heterocycles. The number of carbonyl (C=O) groups is 2. The molecule has 0 bridgehead atoms. The zero-order valence-electron chi connectivity index (χ0n) is 7.38. The summed E-state index contributed by atoms with van der Waals surface area (Å²) in [7, 11) is 0. The van der Waals surface area contributed by atoms with E-state index in [1.54, 1.807) is 0 Å².